The third-order valence-electron chi connectivity index (χ3n) is 6.08. The molecule has 0 unspecified atom stereocenters. The molecule has 5 nitrogen and oxygen atoms in total. The van der Waals surface area contributed by atoms with Crippen molar-refractivity contribution >= 4 is 12.2 Å². The summed E-state index contributed by atoms with van der Waals surface area (Å²) in [6.07, 6.45) is 7.89. The smallest absolute Gasteiger partial charge is 0.131 e. The molecule has 2 aliphatic heterocycles. The van der Waals surface area contributed by atoms with Gasteiger partial charge < -0.3 is 23.7 Å². The first-order valence-corrected chi connectivity index (χ1v) is 11.4. The summed E-state index contributed by atoms with van der Waals surface area (Å²) in [5.74, 6) is 3.12. The summed E-state index contributed by atoms with van der Waals surface area (Å²) < 4.78 is 30.1. The fourth-order valence-electron chi connectivity index (χ4n) is 4.29. The lowest BCUT2D eigenvalue weighted by Crippen LogP contribution is -2.27. The number of methoxy groups -OCH3 is 2. The summed E-state index contributed by atoms with van der Waals surface area (Å²) in [7, 11) is 3.34. The fraction of sp³-hybridized carbons (Fsp3) is 0.429. The molecule has 2 aromatic carbocycles. The molecule has 0 saturated heterocycles. The minimum atomic E-state index is -0.341. The van der Waals surface area contributed by atoms with Crippen LogP contribution < -0.4 is 18.9 Å². The second-order valence-electron chi connectivity index (χ2n) is 9.76. The Morgan fingerprint density at radius 2 is 1.06 bits per heavy atom. The van der Waals surface area contributed by atoms with Crippen molar-refractivity contribution in [1.29, 1.82) is 0 Å². The molecule has 33 heavy (non-hydrogen) atoms. The molecule has 0 N–H and O–H groups in total. The minimum absolute atomic E-state index is 0.213. The summed E-state index contributed by atoms with van der Waals surface area (Å²) >= 11 is 0. The highest BCUT2D eigenvalue weighted by atomic mass is 16.5. The minimum Gasteiger partial charge on any atom is -0.496 e. The summed E-state index contributed by atoms with van der Waals surface area (Å²) in [6, 6.07) is 8.06. The van der Waals surface area contributed by atoms with Crippen LogP contribution in [-0.4, -0.2) is 25.4 Å². The zero-order valence-electron chi connectivity index (χ0n) is 20.8. The first-order valence-electron chi connectivity index (χ1n) is 11.4. The van der Waals surface area contributed by atoms with E-state index >= 15 is 0 Å². The van der Waals surface area contributed by atoms with Gasteiger partial charge in [-0.2, -0.15) is 0 Å². The van der Waals surface area contributed by atoms with E-state index in [9.17, 15) is 0 Å². The Morgan fingerprint density at radius 1 is 0.667 bits per heavy atom. The van der Waals surface area contributed by atoms with E-state index in [1.165, 1.54) is 0 Å². The van der Waals surface area contributed by atoms with Gasteiger partial charge >= 0.3 is 0 Å². The third kappa shape index (κ3) is 4.74. The van der Waals surface area contributed by atoms with Crippen molar-refractivity contribution < 1.29 is 23.7 Å². The molecule has 2 aliphatic rings. The van der Waals surface area contributed by atoms with E-state index in [0.717, 1.165) is 45.3 Å². The van der Waals surface area contributed by atoms with Crippen LogP contribution in [0, 0.1) is 0 Å². The number of rotatable bonds is 6. The van der Waals surface area contributed by atoms with Crippen LogP contribution >= 0.6 is 0 Å². The van der Waals surface area contributed by atoms with Gasteiger partial charge in [-0.25, -0.2) is 0 Å². The SMILES string of the molecule is COc1cc2c(cc1[C@H](C)O[C@@H](C)c1cc3c(cc1OC)OC(C)(C)C=C3)C=CC(C)(C)O2. The van der Waals surface area contributed by atoms with E-state index in [0.29, 0.717) is 0 Å². The van der Waals surface area contributed by atoms with Crippen LogP contribution in [0.2, 0.25) is 0 Å². The summed E-state index contributed by atoms with van der Waals surface area (Å²) in [5, 5.41) is 0. The van der Waals surface area contributed by atoms with Crippen LogP contribution in [0.4, 0.5) is 0 Å². The quantitative estimate of drug-likeness (QED) is 0.478. The van der Waals surface area contributed by atoms with Crippen molar-refractivity contribution in [3.8, 4) is 23.0 Å². The maximum absolute atomic E-state index is 6.48. The molecule has 5 heteroatoms. The van der Waals surface area contributed by atoms with Gasteiger partial charge in [-0.1, -0.05) is 12.2 Å². The van der Waals surface area contributed by atoms with Gasteiger partial charge in [0.2, 0.25) is 0 Å². The molecule has 0 bridgehead atoms. The molecule has 0 saturated carbocycles. The van der Waals surface area contributed by atoms with Gasteiger partial charge in [-0.15, -0.1) is 0 Å². The molecular formula is C28H34O5. The highest BCUT2D eigenvalue weighted by Crippen LogP contribution is 2.43. The van der Waals surface area contributed by atoms with Crippen molar-refractivity contribution in [1.82, 2.24) is 0 Å². The molecule has 0 spiro atoms. The van der Waals surface area contributed by atoms with E-state index in [4.69, 9.17) is 23.7 Å². The zero-order valence-corrected chi connectivity index (χ0v) is 20.8. The Labute approximate surface area is 197 Å². The van der Waals surface area contributed by atoms with Gasteiger partial charge in [-0.05, 0) is 65.8 Å². The third-order valence-corrected chi connectivity index (χ3v) is 6.08. The number of hydrogen-bond donors (Lipinski definition) is 0. The molecule has 0 aromatic heterocycles. The Bertz CT molecular complexity index is 1020. The zero-order chi connectivity index (χ0) is 24.0. The number of fused-ring (bicyclic) bond motifs is 2. The van der Waals surface area contributed by atoms with Gasteiger partial charge in [0.05, 0.1) is 26.4 Å². The first kappa shape index (κ1) is 23.2. The predicted octanol–water partition coefficient (Wildman–Crippen LogP) is 6.91. The Balaban J connectivity index is 1.61. The molecule has 2 aromatic rings. The van der Waals surface area contributed by atoms with Crippen molar-refractivity contribution in [2.75, 3.05) is 14.2 Å². The van der Waals surface area contributed by atoms with Gasteiger partial charge in [-0.3, -0.25) is 0 Å². The van der Waals surface area contributed by atoms with Crippen molar-refractivity contribution in [3.63, 3.8) is 0 Å². The van der Waals surface area contributed by atoms with Crippen molar-refractivity contribution in [3.05, 3.63) is 58.7 Å². The lowest BCUT2D eigenvalue weighted by molar-refractivity contribution is 0.00346. The predicted molar refractivity (Wildman–Crippen MR) is 131 cm³/mol. The lowest BCUT2D eigenvalue weighted by Gasteiger charge is -2.30. The average molecular weight is 451 g/mol. The number of benzene rings is 2. The van der Waals surface area contributed by atoms with E-state index in [1.54, 1.807) is 14.2 Å². The standard InChI is InChI=1S/C28H34O5/c1-17(21-13-19-9-11-27(3,4)32-23(19)15-25(21)29-7)31-18(2)22-14-20-10-12-28(5,6)33-24(20)16-26(22)30-8/h9-18H,1-8H3/t17-,18-/m0/s1. The maximum Gasteiger partial charge on any atom is 0.131 e. The van der Waals surface area contributed by atoms with Crippen molar-refractivity contribution in [2.24, 2.45) is 0 Å². The monoisotopic (exact) mass is 450 g/mol. The molecule has 0 radical (unpaired) electrons. The largest absolute Gasteiger partial charge is 0.496 e. The van der Waals surface area contributed by atoms with Gasteiger partial charge in [0, 0.05) is 34.4 Å². The first-order chi connectivity index (χ1) is 15.5. The van der Waals surface area contributed by atoms with Crippen LogP contribution in [0.5, 0.6) is 23.0 Å². The van der Waals surface area contributed by atoms with E-state index in [1.807, 2.05) is 53.7 Å². The molecule has 0 aliphatic carbocycles. The van der Waals surface area contributed by atoms with E-state index in [2.05, 4.69) is 36.4 Å². The van der Waals surface area contributed by atoms with Gasteiger partial charge in [0.15, 0.2) is 0 Å². The van der Waals surface area contributed by atoms with Crippen LogP contribution in [0.25, 0.3) is 12.2 Å². The normalized spacial score (nSPS) is 18.9. The molecule has 4 rings (SSSR count). The average Bonchev–Trinajstić information content (AvgIpc) is 2.75. The highest BCUT2D eigenvalue weighted by molar-refractivity contribution is 5.66. The van der Waals surface area contributed by atoms with Gasteiger partial charge in [0.1, 0.15) is 34.2 Å². The second kappa shape index (κ2) is 8.45. The molecule has 2 atom stereocenters. The Hall–Kier alpha value is -2.92. The van der Waals surface area contributed by atoms with Gasteiger partial charge in [0.25, 0.3) is 0 Å². The van der Waals surface area contributed by atoms with E-state index < -0.39 is 0 Å². The topological polar surface area (TPSA) is 46.2 Å². The maximum atomic E-state index is 6.48. The number of ether oxygens (including phenoxy) is 5. The molecule has 176 valence electrons. The van der Waals surface area contributed by atoms with Crippen LogP contribution in [0.15, 0.2) is 36.4 Å². The molecule has 2 heterocycles. The van der Waals surface area contributed by atoms with Crippen LogP contribution in [-0.2, 0) is 4.74 Å². The van der Waals surface area contributed by atoms with Crippen LogP contribution in [0.3, 0.4) is 0 Å². The van der Waals surface area contributed by atoms with Crippen molar-refractivity contribution in [2.45, 2.75) is 65.0 Å². The lowest BCUT2D eigenvalue weighted by atomic mass is 9.97. The summed E-state index contributed by atoms with van der Waals surface area (Å²) in [6.45, 7) is 12.2. The highest BCUT2D eigenvalue weighted by Gasteiger charge is 2.27. The Kier molecular flexibility index (Phi) is 5.95. The Morgan fingerprint density at radius 3 is 1.42 bits per heavy atom. The molecular weight excluding hydrogens is 416 g/mol. The fourth-order valence-corrected chi connectivity index (χ4v) is 4.29. The number of hydrogen-bond acceptors (Lipinski definition) is 5. The van der Waals surface area contributed by atoms with E-state index in [-0.39, 0.29) is 23.4 Å². The van der Waals surface area contributed by atoms with Crippen LogP contribution in [0.1, 0.15) is 76.0 Å². The summed E-state index contributed by atoms with van der Waals surface area (Å²) in [5.41, 5.74) is 3.30. The summed E-state index contributed by atoms with van der Waals surface area (Å²) in [4.78, 5) is 0. The molecule has 0 fully saturated rings. The second-order valence-corrected chi connectivity index (χ2v) is 9.76. The molecule has 0 amide bonds.